The molecule has 0 spiro atoms. The molecule has 3 aromatic carbocycles. The smallest absolute Gasteiger partial charge is 0.342 e. The molecule has 0 saturated carbocycles. The molecule has 0 aliphatic rings. The van der Waals surface area contributed by atoms with Gasteiger partial charge < -0.3 is 15.2 Å². The lowest BCUT2D eigenvalue weighted by Gasteiger charge is -2.10. The van der Waals surface area contributed by atoms with Gasteiger partial charge in [-0.15, -0.1) is 0 Å². The minimum atomic E-state index is -0.772. The summed E-state index contributed by atoms with van der Waals surface area (Å²) in [6, 6.07) is 15.4. The van der Waals surface area contributed by atoms with E-state index >= 15 is 0 Å². The van der Waals surface area contributed by atoms with Gasteiger partial charge in [-0.3, -0.25) is 4.79 Å². The Morgan fingerprint density at radius 1 is 1.08 bits per heavy atom. The highest BCUT2D eigenvalue weighted by atomic mass is 35.5. The topological polar surface area (TPSA) is 75.6 Å². The molecule has 1 amide bonds. The van der Waals surface area contributed by atoms with Crippen LogP contribution in [0.25, 0.3) is 10.8 Å². The second kappa shape index (κ2) is 7.45. The molecule has 0 saturated heterocycles. The Morgan fingerprint density at radius 3 is 2.50 bits per heavy atom. The third-order valence-electron chi connectivity index (χ3n) is 3.89. The van der Waals surface area contributed by atoms with Gasteiger partial charge in [-0.25, -0.2) is 4.79 Å². The zero-order valence-electron chi connectivity index (χ0n) is 14.0. The summed E-state index contributed by atoms with van der Waals surface area (Å²) in [6.07, 6.45) is 0. The molecule has 3 aromatic rings. The van der Waals surface area contributed by atoms with E-state index < -0.39 is 18.5 Å². The Kier molecular flexibility index (Phi) is 5.09. The largest absolute Gasteiger partial charge is 0.507 e. The van der Waals surface area contributed by atoms with Gasteiger partial charge in [0.1, 0.15) is 11.3 Å². The lowest BCUT2D eigenvalue weighted by Crippen LogP contribution is -2.21. The summed E-state index contributed by atoms with van der Waals surface area (Å²) >= 11 is 5.91. The Morgan fingerprint density at radius 2 is 1.77 bits per heavy atom. The van der Waals surface area contributed by atoms with Crippen LogP contribution in [0.2, 0.25) is 5.02 Å². The number of phenolic OH excluding ortho intramolecular Hbond substituents is 1. The Labute approximate surface area is 155 Å². The number of benzene rings is 3. The molecule has 6 heteroatoms. The quantitative estimate of drug-likeness (QED) is 0.672. The molecule has 0 heterocycles. The summed E-state index contributed by atoms with van der Waals surface area (Å²) in [5, 5.41) is 14.7. The number of aromatic hydroxyl groups is 1. The van der Waals surface area contributed by atoms with Gasteiger partial charge in [0.2, 0.25) is 0 Å². The molecule has 0 atom stereocenters. The average molecular weight is 370 g/mol. The number of amides is 1. The first kappa shape index (κ1) is 17.8. The van der Waals surface area contributed by atoms with Crippen LogP contribution in [0.4, 0.5) is 5.69 Å². The summed E-state index contributed by atoms with van der Waals surface area (Å²) < 4.78 is 5.02. The maximum absolute atomic E-state index is 12.2. The first-order valence-electron chi connectivity index (χ1n) is 7.89. The van der Waals surface area contributed by atoms with Crippen molar-refractivity contribution >= 4 is 39.9 Å². The summed E-state index contributed by atoms with van der Waals surface area (Å²) in [5.41, 5.74) is 1.39. The molecule has 3 rings (SSSR count). The summed E-state index contributed by atoms with van der Waals surface area (Å²) in [7, 11) is 0. The zero-order valence-corrected chi connectivity index (χ0v) is 14.7. The number of carbonyl (C=O) groups excluding carboxylic acids is 2. The van der Waals surface area contributed by atoms with E-state index in [4.69, 9.17) is 16.3 Å². The van der Waals surface area contributed by atoms with Crippen LogP contribution in [0.15, 0.2) is 54.6 Å². The van der Waals surface area contributed by atoms with E-state index in [1.165, 1.54) is 12.1 Å². The first-order valence-corrected chi connectivity index (χ1v) is 8.27. The van der Waals surface area contributed by atoms with Crippen molar-refractivity contribution in [1.29, 1.82) is 0 Å². The van der Waals surface area contributed by atoms with E-state index in [-0.39, 0.29) is 11.3 Å². The van der Waals surface area contributed by atoms with Crippen molar-refractivity contribution in [3.8, 4) is 5.75 Å². The summed E-state index contributed by atoms with van der Waals surface area (Å²) in [6.45, 7) is 1.35. The van der Waals surface area contributed by atoms with Gasteiger partial charge in [-0.2, -0.15) is 0 Å². The highest BCUT2D eigenvalue weighted by Gasteiger charge is 2.16. The number of halogens is 1. The number of hydrogen-bond donors (Lipinski definition) is 2. The fourth-order valence-electron chi connectivity index (χ4n) is 2.52. The highest BCUT2D eigenvalue weighted by molar-refractivity contribution is 6.31. The zero-order chi connectivity index (χ0) is 18.7. The molecule has 132 valence electrons. The highest BCUT2D eigenvalue weighted by Crippen LogP contribution is 2.25. The lowest BCUT2D eigenvalue weighted by atomic mass is 10.1. The van der Waals surface area contributed by atoms with Crippen molar-refractivity contribution in [2.75, 3.05) is 11.9 Å². The number of rotatable bonds is 4. The van der Waals surface area contributed by atoms with Gasteiger partial charge >= 0.3 is 5.97 Å². The number of nitrogens with one attached hydrogen (secondary N) is 1. The number of hydrogen-bond acceptors (Lipinski definition) is 4. The number of carbonyl (C=O) groups is 2. The number of aryl methyl sites for hydroxylation is 1. The molecule has 0 aliphatic heterocycles. The van der Waals surface area contributed by atoms with E-state index in [2.05, 4.69) is 5.32 Å². The number of fused-ring (bicyclic) bond motifs is 1. The predicted octanol–water partition coefficient (Wildman–Crippen LogP) is 4.30. The minimum Gasteiger partial charge on any atom is -0.507 e. The Balaban J connectivity index is 1.68. The van der Waals surface area contributed by atoms with Crippen LogP contribution in [-0.2, 0) is 9.53 Å². The fourth-order valence-corrected chi connectivity index (χ4v) is 2.69. The summed E-state index contributed by atoms with van der Waals surface area (Å²) in [4.78, 5) is 24.2. The van der Waals surface area contributed by atoms with Crippen LogP contribution in [0.5, 0.6) is 5.75 Å². The van der Waals surface area contributed by atoms with Gasteiger partial charge in [0.05, 0.1) is 0 Å². The standard InChI is InChI=1S/C20H16ClNO4/c1-12-6-7-15(21)10-17(12)22-19(24)11-26-20(25)16-8-13-4-2-3-5-14(13)9-18(16)23/h2-10,23H,11H2,1H3,(H,22,24). The minimum absolute atomic E-state index is 0.00966. The van der Waals surface area contributed by atoms with E-state index in [0.29, 0.717) is 10.7 Å². The van der Waals surface area contributed by atoms with Crippen molar-refractivity contribution in [3.63, 3.8) is 0 Å². The molecular weight excluding hydrogens is 354 g/mol. The van der Waals surface area contributed by atoms with Gasteiger partial charge in [-0.05, 0) is 47.5 Å². The Bertz CT molecular complexity index is 1000. The second-order valence-corrected chi connectivity index (χ2v) is 6.24. The van der Waals surface area contributed by atoms with Crippen LogP contribution in [0.3, 0.4) is 0 Å². The van der Waals surface area contributed by atoms with Gasteiger partial charge in [-0.1, -0.05) is 41.9 Å². The molecule has 0 fully saturated rings. The molecular formula is C20H16ClNO4. The van der Waals surface area contributed by atoms with Crippen molar-refractivity contribution in [1.82, 2.24) is 0 Å². The molecule has 0 aromatic heterocycles. The van der Waals surface area contributed by atoms with E-state index in [0.717, 1.165) is 16.3 Å². The van der Waals surface area contributed by atoms with Crippen LogP contribution in [-0.4, -0.2) is 23.6 Å². The van der Waals surface area contributed by atoms with Crippen molar-refractivity contribution in [3.05, 3.63) is 70.7 Å². The number of anilines is 1. The summed E-state index contributed by atoms with van der Waals surface area (Å²) in [5.74, 6) is -1.46. The molecule has 5 nitrogen and oxygen atoms in total. The van der Waals surface area contributed by atoms with Crippen LogP contribution in [0.1, 0.15) is 15.9 Å². The van der Waals surface area contributed by atoms with Gasteiger partial charge in [0.25, 0.3) is 5.91 Å². The monoisotopic (exact) mass is 369 g/mol. The van der Waals surface area contributed by atoms with Crippen LogP contribution in [0, 0.1) is 6.92 Å². The van der Waals surface area contributed by atoms with E-state index in [1.807, 2.05) is 31.2 Å². The molecule has 0 aliphatic carbocycles. The first-order chi connectivity index (χ1) is 12.4. The molecule has 0 unspecified atom stereocenters. The SMILES string of the molecule is Cc1ccc(Cl)cc1NC(=O)COC(=O)c1cc2ccccc2cc1O. The van der Waals surface area contributed by atoms with E-state index in [1.54, 1.807) is 18.2 Å². The van der Waals surface area contributed by atoms with Crippen molar-refractivity contribution < 1.29 is 19.4 Å². The number of ether oxygens (including phenoxy) is 1. The fraction of sp³-hybridized carbons (Fsp3) is 0.100. The normalized spacial score (nSPS) is 10.5. The predicted molar refractivity (Wildman–Crippen MR) is 101 cm³/mol. The molecule has 0 radical (unpaired) electrons. The third-order valence-corrected chi connectivity index (χ3v) is 4.13. The maximum atomic E-state index is 12.2. The number of phenols is 1. The van der Waals surface area contributed by atoms with Gasteiger partial charge in [0.15, 0.2) is 6.61 Å². The average Bonchev–Trinajstić information content (AvgIpc) is 2.62. The lowest BCUT2D eigenvalue weighted by molar-refractivity contribution is -0.119. The molecule has 0 bridgehead atoms. The maximum Gasteiger partial charge on any atom is 0.342 e. The third kappa shape index (κ3) is 3.95. The molecule has 2 N–H and O–H groups in total. The van der Waals surface area contributed by atoms with Crippen molar-refractivity contribution in [2.24, 2.45) is 0 Å². The van der Waals surface area contributed by atoms with Crippen LogP contribution < -0.4 is 5.32 Å². The van der Waals surface area contributed by atoms with Crippen molar-refractivity contribution in [2.45, 2.75) is 6.92 Å². The second-order valence-electron chi connectivity index (χ2n) is 5.80. The molecule has 26 heavy (non-hydrogen) atoms. The van der Waals surface area contributed by atoms with E-state index in [9.17, 15) is 14.7 Å². The Hall–Kier alpha value is -3.05. The van der Waals surface area contributed by atoms with Gasteiger partial charge in [0, 0.05) is 10.7 Å². The number of esters is 1. The van der Waals surface area contributed by atoms with Crippen LogP contribution >= 0.6 is 11.6 Å².